The summed E-state index contributed by atoms with van der Waals surface area (Å²) >= 11 is 11.4. The molecule has 22 heavy (non-hydrogen) atoms. The average molecular weight is 341 g/mol. The molecule has 0 saturated heterocycles. The molecule has 2 aromatic rings. The summed E-state index contributed by atoms with van der Waals surface area (Å²) in [7, 11) is 0. The molecule has 0 saturated carbocycles. The highest BCUT2D eigenvalue weighted by molar-refractivity contribution is 6.44. The van der Waals surface area contributed by atoms with Gasteiger partial charge in [-0.15, -0.1) is 0 Å². The van der Waals surface area contributed by atoms with Gasteiger partial charge < -0.3 is 10.6 Å². The van der Waals surface area contributed by atoms with E-state index in [9.17, 15) is 14.0 Å². The molecule has 0 spiro atoms. The van der Waals surface area contributed by atoms with E-state index in [4.69, 9.17) is 23.2 Å². The zero-order chi connectivity index (χ0) is 16.3. The van der Waals surface area contributed by atoms with Gasteiger partial charge in [-0.2, -0.15) is 0 Å². The van der Waals surface area contributed by atoms with Gasteiger partial charge >= 0.3 is 11.8 Å². The van der Waals surface area contributed by atoms with E-state index in [1.165, 1.54) is 18.2 Å². The molecule has 0 aliphatic heterocycles. The average Bonchev–Trinajstić information content (AvgIpc) is 2.46. The van der Waals surface area contributed by atoms with E-state index in [0.29, 0.717) is 10.7 Å². The number of carbonyl (C=O) groups is 2. The number of amides is 2. The summed E-state index contributed by atoms with van der Waals surface area (Å²) in [6.45, 7) is 1.77. The second-order valence-electron chi connectivity index (χ2n) is 4.50. The van der Waals surface area contributed by atoms with E-state index in [-0.39, 0.29) is 10.7 Å². The van der Waals surface area contributed by atoms with Gasteiger partial charge in [0.15, 0.2) is 0 Å². The van der Waals surface area contributed by atoms with Crippen molar-refractivity contribution < 1.29 is 14.0 Å². The molecule has 2 aromatic carbocycles. The van der Waals surface area contributed by atoms with Crippen molar-refractivity contribution in [1.29, 1.82) is 0 Å². The first kappa shape index (κ1) is 16.3. The molecule has 7 heteroatoms. The standard InChI is InChI=1S/C15H11Cl2FN2O2/c1-8-2-3-9(16)6-13(8)20-15(22)14(21)19-10-4-5-12(18)11(17)7-10/h2-7H,1H3,(H,19,21)(H,20,22). The van der Waals surface area contributed by atoms with Gasteiger partial charge in [0, 0.05) is 16.4 Å². The third-order valence-electron chi connectivity index (χ3n) is 2.83. The Balaban J connectivity index is 2.07. The van der Waals surface area contributed by atoms with E-state index >= 15 is 0 Å². The molecule has 0 bridgehead atoms. The fourth-order valence-corrected chi connectivity index (χ4v) is 2.02. The fourth-order valence-electron chi connectivity index (χ4n) is 1.67. The van der Waals surface area contributed by atoms with Crippen molar-refractivity contribution in [3.8, 4) is 0 Å². The highest BCUT2D eigenvalue weighted by Crippen LogP contribution is 2.21. The summed E-state index contributed by atoms with van der Waals surface area (Å²) < 4.78 is 13.0. The molecule has 0 aromatic heterocycles. The number of halogens is 3. The normalized spacial score (nSPS) is 10.2. The predicted molar refractivity (Wildman–Crippen MR) is 84.9 cm³/mol. The predicted octanol–water partition coefficient (Wildman–Crippen LogP) is 4.02. The van der Waals surface area contributed by atoms with Crippen LogP contribution in [0.4, 0.5) is 15.8 Å². The van der Waals surface area contributed by atoms with Crippen LogP contribution < -0.4 is 10.6 Å². The minimum Gasteiger partial charge on any atom is -0.318 e. The maximum atomic E-state index is 13.0. The van der Waals surface area contributed by atoms with E-state index in [2.05, 4.69) is 10.6 Å². The second-order valence-corrected chi connectivity index (χ2v) is 5.34. The fraction of sp³-hybridized carbons (Fsp3) is 0.0667. The van der Waals surface area contributed by atoms with Crippen LogP contribution in [0.1, 0.15) is 5.56 Å². The van der Waals surface area contributed by atoms with Crippen LogP contribution in [0, 0.1) is 12.7 Å². The Morgan fingerprint density at radius 1 is 1.00 bits per heavy atom. The lowest BCUT2D eigenvalue weighted by atomic mass is 10.2. The number of rotatable bonds is 2. The third-order valence-corrected chi connectivity index (χ3v) is 3.36. The first-order valence-corrected chi connectivity index (χ1v) is 6.96. The Labute approximate surface area is 136 Å². The number of benzene rings is 2. The van der Waals surface area contributed by atoms with Crippen molar-refractivity contribution in [2.45, 2.75) is 6.92 Å². The van der Waals surface area contributed by atoms with Gasteiger partial charge in [-0.25, -0.2) is 4.39 Å². The lowest BCUT2D eigenvalue weighted by molar-refractivity contribution is -0.133. The smallest absolute Gasteiger partial charge is 0.314 e. The monoisotopic (exact) mass is 340 g/mol. The molecular formula is C15H11Cl2FN2O2. The van der Waals surface area contributed by atoms with Crippen LogP contribution in [0.25, 0.3) is 0 Å². The molecule has 0 unspecified atom stereocenters. The van der Waals surface area contributed by atoms with Crippen LogP contribution in [-0.4, -0.2) is 11.8 Å². The zero-order valence-electron chi connectivity index (χ0n) is 11.4. The summed E-state index contributed by atoms with van der Waals surface area (Å²) in [5.41, 5.74) is 1.41. The van der Waals surface area contributed by atoms with E-state index < -0.39 is 17.6 Å². The molecule has 114 valence electrons. The maximum absolute atomic E-state index is 13.0. The quantitative estimate of drug-likeness (QED) is 0.811. The third kappa shape index (κ3) is 3.96. The Bertz CT molecular complexity index is 750. The molecule has 0 radical (unpaired) electrons. The first-order chi connectivity index (χ1) is 10.4. The van der Waals surface area contributed by atoms with Crippen LogP contribution in [0.5, 0.6) is 0 Å². The molecule has 0 fully saturated rings. The molecule has 2 N–H and O–H groups in total. The molecule has 0 aliphatic carbocycles. The number of hydrogen-bond acceptors (Lipinski definition) is 2. The summed E-state index contributed by atoms with van der Waals surface area (Å²) in [4.78, 5) is 23.7. The molecule has 0 heterocycles. The summed E-state index contributed by atoms with van der Waals surface area (Å²) in [6.07, 6.45) is 0. The second kappa shape index (κ2) is 6.77. The molecule has 2 rings (SSSR count). The summed E-state index contributed by atoms with van der Waals surface area (Å²) in [5.74, 6) is -2.38. The van der Waals surface area contributed by atoms with Crippen molar-refractivity contribution in [2.24, 2.45) is 0 Å². The van der Waals surface area contributed by atoms with E-state index in [0.717, 1.165) is 11.6 Å². The van der Waals surface area contributed by atoms with Crippen LogP contribution >= 0.6 is 23.2 Å². The maximum Gasteiger partial charge on any atom is 0.314 e. The highest BCUT2D eigenvalue weighted by Gasteiger charge is 2.15. The topological polar surface area (TPSA) is 58.2 Å². The Morgan fingerprint density at radius 2 is 1.68 bits per heavy atom. The largest absolute Gasteiger partial charge is 0.318 e. The Hall–Kier alpha value is -2.11. The zero-order valence-corrected chi connectivity index (χ0v) is 12.9. The first-order valence-electron chi connectivity index (χ1n) is 6.20. The van der Waals surface area contributed by atoms with Crippen LogP contribution in [0.15, 0.2) is 36.4 Å². The van der Waals surface area contributed by atoms with Crippen molar-refractivity contribution >= 4 is 46.4 Å². The minimum absolute atomic E-state index is 0.149. The van der Waals surface area contributed by atoms with E-state index in [1.54, 1.807) is 19.1 Å². The van der Waals surface area contributed by atoms with Crippen LogP contribution in [0.3, 0.4) is 0 Å². The summed E-state index contributed by atoms with van der Waals surface area (Å²) in [6, 6.07) is 8.54. The molecule has 2 amide bonds. The highest BCUT2D eigenvalue weighted by atomic mass is 35.5. The lowest BCUT2D eigenvalue weighted by Gasteiger charge is -2.09. The lowest BCUT2D eigenvalue weighted by Crippen LogP contribution is -2.29. The van der Waals surface area contributed by atoms with Crippen molar-refractivity contribution in [3.63, 3.8) is 0 Å². The van der Waals surface area contributed by atoms with Gasteiger partial charge in [-0.05, 0) is 42.8 Å². The molecule has 4 nitrogen and oxygen atoms in total. The molecular weight excluding hydrogens is 330 g/mol. The van der Waals surface area contributed by atoms with Gasteiger partial charge in [0.2, 0.25) is 0 Å². The van der Waals surface area contributed by atoms with Crippen LogP contribution in [0.2, 0.25) is 10.0 Å². The van der Waals surface area contributed by atoms with Gasteiger partial charge in [0.05, 0.1) is 5.02 Å². The number of nitrogens with one attached hydrogen (secondary N) is 2. The number of anilines is 2. The molecule has 0 atom stereocenters. The minimum atomic E-state index is -0.901. The van der Waals surface area contributed by atoms with Gasteiger partial charge in [0.25, 0.3) is 0 Å². The number of aryl methyl sites for hydroxylation is 1. The number of carbonyl (C=O) groups excluding carboxylic acids is 2. The molecule has 0 aliphatic rings. The Kier molecular flexibility index (Phi) is 5.00. The van der Waals surface area contributed by atoms with Crippen molar-refractivity contribution in [3.05, 3.63) is 57.8 Å². The number of hydrogen-bond donors (Lipinski definition) is 2. The van der Waals surface area contributed by atoms with Gasteiger partial charge in [0.1, 0.15) is 5.82 Å². The van der Waals surface area contributed by atoms with Crippen molar-refractivity contribution in [1.82, 2.24) is 0 Å². The van der Waals surface area contributed by atoms with Crippen molar-refractivity contribution in [2.75, 3.05) is 10.6 Å². The van der Waals surface area contributed by atoms with E-state index in [1.807, 2.05) is 0 Å². The Morgan fingerprint density at radius 3 is 2.36 bits per heavy atom. The van der Waals surface area contributed by atoms with Crippen LogP contribution in [-0.2, 0) is 9.59 Å². The SMILES string of the molecule is Cc1ccc(Cl)cc1NC(=O)C(=O)Nc1ccc(F)c(Cl)c1. The van der Waals surface area contributed by atoms with Gasteiger partial charge in [-0.1, -0.05) is 29.3 Å². The van der Waals surface area contributed by atoms with Gasteiger partial charge in [-0.3, -0.25) is 9.59 Å². The summed E-state index contributed by atoms with van der Waals surface area (Å²) in [5, 5.41) is 5.07.